The summed E-state index contributed by atoms with van der Waals surface area (Å²) in [5, 5.41) is 2.86. The molecule has 0 atom stereocenters. The molecule has 1 N–H and O–H groups in total. The van der Waals surface area contributed by atoms with Crippen molar-refractivity contribution in [3.05, 3.63) is 49.3 Å². The van der Waals surface area contributed by atoms with Crippen LogP contribution in [0.4, 0.5) is 0 Å². The van der Waals surface area contributed by atoms with Crippen molar-refractivity contribution in [2.24, 2.45) is 0 Å². The Hall–Kier alpha value is -0.720. The molecule has 6 heteroatoms. The number of nitrogens with one attached hydrogen (secondary N) is 1. The van der Waals surface area contributed by atoms with Crippen molar-refractivity contribution >= 4 is 49.1 Å². The molecule has 0 unspecified atom stereocenters. The highest BCUT2D eigenvalue weighted by Crippen LogP contribution is 2.32. The highest BCUT2D eigenvalue weighted by molar-refractivity contribution is 9.13. The van der Waals surface area contributed by atoms with Gasteiger partial charge in [-0.3, -0.25) is 9.78 Å². The Bertz CT molecular complexity index is 508. The summed E-state index contributed by atoms with van der Waals surface area (Å²) in [4.78, 5) is 16.4. The van der Waals surface area contributed by atoms with Gasteiger partial charge in [-0.05, 0) is 55.6 Å². The van der Waals surface area contributed by atoms with Crippen molar-refractivity contribution in [2.45, 2.75) is 6.54 Å². The zero-order chi connectivity index (χ0) is 12.3. The van der Waals surface area contributed by atoms with Gasteiger partial charge in [-0.15, -0.1) is 11.3 Å². The fourth-order valence-electron chi connectivity index (χ4n) is 1.23. The van der Waals surface area contributed by atoms with Crippen molar-refractivity contribution in [1.29, 1.82) is 0 Å². The number of nitrogens with zero attached hydrogens (tertiary/aromatic N) is 1. The number of hydrogen-bond acceptors (Lipinski definition) is 3. The van der Waals surface area contributed by atoms with E-state index in [0.29, 0.717) is 11.4 Å². The standard InChI is InChI=1S/C11H8Br2N2OS/c12-8-5-9(17-10(8)13)11(16)15-6-7-1-3-14-4-2-7/h1-5H,6H2,(H,15,16). The third-order valence-electron chi connectivity index (χ3n) is 2.07. The first-order chi connectivity index (χ1) is 8.16. The van der Waals surface area contributed by atoms with E-state index in [2.05, 4.69) is 42.2 Å². The van der Waals surface area contributed by atoms with Crippen LogP contribution in [0, 0.1) is 0 Å². The first kappa shape index (κ1) is 12.7. The van der Waals surface area contributed by atoms with Gasteiger partial charge in [0, 0.05) is 23.4 Å². The molecule has 2 aromatic rings. The molecule has 0 aromatic carbocycles. The second-order valence-electron chi connectivity index (χ2n) is 3.27. The summed E-state index contributed by atoms with van der Waals surface area (Å²) in [5.74, 6) is -0.0711. The summed E-state index contributed by atoms with van der Waals surface area (Å²) < 4.78 is 1.82. The quantitative estimate of drug-likeness (QED) is 0.890. The van der Waals surface area contributed by atoms with Crippen molar-refractivity contribution in [3.8, 4) is 0 Å². The average Bonchev–Trinajstić information content (AvgIpc) is 2.68. The molecule has 88 valence electrons. The van der Waals surface area contributed by atoms with Crippen molar-refractivity contribution in [2.75, 3.05) is 0 Å². The molecule has 0 saturated carbocycles. The van der Waals surface area contributed by atoms with Crippen LogP contribution in [-0.4, -0.2) is 10.9 Å². The second-order valence-corrected chi connectivity index (χ2v) is 6.49. The maximum absolute atomic E-state index is 11.8. The normalized spacial score (nSPS) is 10.2. The lowest BCUT2D eigenvalue weighted by molar-refractivity contribution is 0.0955. The number of aromatic nitrogens is 1. The van der Waals surface area contributed by atoms with Crippen molar-refractivity contribution in [3.63, 3.8) is 0 Å². The minimum Gasteiger partial charge on any atom is -0.347 e. The van der Waals surface area contributed by atoms with Gasteiger partial charge in [-0.2, -0.15) is 0 Å². The van der Waals surface area contributed by atoms with E-state index in [-0.39, 0.29) is 5.91 Å². The lowest BCUT2D eigenvalue weighted by Crippen LogP contribution is -2.21. The molecule has 0 aliphatic carbocycles. The van der Waals surface area contributed by atoms with Gasteiger partial charge in [0.2, 0.25) is 0 Å². The largest absolute Gasteiger partial charge is 0.347 e. The minimum absolute atomic E-state index is 0.0711. The van der Waals surface area contributed by atoms with E-state index in [1.165, 1.54) is 11.3 Å². The average molecular weight is 376 g/mol. The van der Waals surface area contributed by atoms with E-state index >= 15 is 0 Å². The van der Waals surface area contributed by atoms with Gasteiger partial charge in [-0.1, -0.05) is 0 Å². The number of pyridine rings is 1. The fourth-order valence-corrected chi connectivity index (χ4v) is 3.18. The maximum atomic E-state index is 11.8. The van der Waals surface area contributed by atoms with Crippen molar-refractivity contribution in [1.82, 2.24) is 10.3 Å². The number of carbonyl (C=O) groups excluding carboxylic acids is 1. The van der Waals surface area contributed by atoms with E-state index < -0.39 is 0 Å². The number of halogens is 2. The van der Waals surface area contributed by atoms with Crippen LogP contribution < -0.4 is 5.32 Å². The Morgan fingerprint density at radius 1 is 1.35 bits per heavy atom. The number of rotatable bonds is 3. The number of hydrogen-bond donors (Lipinski definition) is 1. The number of thiophene rings is 1. The van der Waals surface area contributed by atoms with E-state index in [4.69, 9.17) is 0 Å². The first-order valence-electron chi connectivity index (χ1n) is 4.79. The molecule has 2 aromatic heterocycles. The molecule has 0 saturated heterocycles. The first-order valence-corrected chi connectivity index (χ1v) is 7.19. The van der Waals surface area contributed by atoms with Crippen LogP contribution in [0.5, 0.6) is 0 Å². The third-order valence-corrected chi connectivity index (χ3v) is 5.33. The second kappa shape index (κ2) is 5.75. The predicted molar refractivity (Wildman–Crippen MR) is 75.1 cm³/mol. The summed E-state index contributed by atoms with van der Waals surface area (Å²) in [6, 6.07) is 5.55. The smallest absolute Gasteiger partial charge is 0.261 e. The Kier molecular flexibility index (Phi) is 4.31. The van der Waals surface area contributed by atoms with E-state index in [9.17, 15) is 4.79 Å². The van der Waals surface area contributed by atoms with Crippen LogP contribution in [-0.2, 0) is 6.54 Å². The van der Waals surface area contributed by atoms with Gasteiger partial charge in [0.1, 0.15) is 0 Å². The summed E-state index contributed by atoms with van der Waals surface area (Å²) >= 11 is 8.12. The van der Waals surface area contributed by atoms with Crippen LogP contribution >= 0.6 is 43.2 Å². The zero-order valence-electron chi connectivity index (χ0n) is 8.61. The lowest BCUT2D eigenvalue weighted by atomic mass is 10.3. The van der Waals surface area contributed by atoms with Gasteiger partial charge < -0.3 is 5.32 Å². The van der Waals surface area contributed by atoms with Crippen LogP contribution in [0.2, 0.25) is 0 Å². The zero-order valence-corrected chi connectivity index (χ0v) is 12.6. The minimum atomic E-state index is -0.0711. The molecule has 0 bridgehead atoms. The summed E-state index contributed by atoms with van der Waals surface area (Å²) in [6.45, 7) is 0.508. The Balaban J connectivity index is 1.98. The third kappa shape index (κ3) is 3.37. The summed E-state index contributed by atoms with van der Waals surface area (Å²) in [7, 11) is 0. The molecule has 2 rings (SSSR count). The van der Waals surface area contributed by atoms with Crippen LogP contribution in [0.15, 0.2) is 38.9 Å². The molecule has 0 aliphatic rings. The highest BCUT2D eigenvalue weighted by Gasteiger charge is 2.11. The molecular weight excluding hydrogens is 368 g/mol. The molecule has 2 heterocycles. The highest BCUT2D eigenvalue weighted by atomic mass is 79.9. The molecule has 0 radical (unpaired) electrons. The molecule has 3 nitrogen and oxygen atoms in total. The van der Waals surface area contributed by atoms with Gasteiger partial charge in [0.25, 0.3) is 5.91 Å². The number of carbonyl (C=O) groups is 1. The SMILES string of the molecule is O=C(NCc1ccncc1)c1cc(Br)c(Br)s1. The van der Waals surface area contributed by atoms with E-state index in [0.717, 1.165) is 13.8 Å². The topological polar surface area (TPSA) is 42.0 Å². The van der Waals surface area contributed by atoms with Gasteiger partial charge in [0.15, 0.2) is 0 Å². The maximum Gasteiger partial charge on any atom is 0.261 e. The predicted octanol–water partition coefficient (Wildman–Crippen LogP) is 3.60. The van der Waals surface area contributed by atoms with Crippen LogP contribution in [0.25, 0.3) is 0 Å². The van der Waals surface area contributed by atoms with E-state index in [1.807, 2.05) is 12.1 Å². The molecular formula is C11H8Br2N2OS. The Labute approximate surface area is 120 Å². The lowest BCUT2D eigenvalue weighted by Gasteiger charge is -2.02. The molecule has 0 spiro atoms. The van der Waals surface area contributed by atoms with Gasteiger partial charge in [-0.25, -0.2) is 0 Å². The molecule has 1 amide bonds. The summed E-state index contributed by atoms with van der Waals surface area (Å²) in [5.41, 5.74) is 1.03. The van der Waals surface area contributed by atoms with Crippen LogP contribution in [0.1, 0.15) is 15.2 Å². The number of amides is 1. The van der Waals surface area contributed by atoms with Crippen molar-refractivity contribution < 1.29 is 4.79 Å². The Morgan fingerprint density at radius 2 is 2.06 bits per heavy atom. The summed E-state index contributed by atoms with van der Waals surface area (Å²) in [6.07, 6.45) is 3.42. The Morgan fingerprint density at radius 3 is 2.65 bits per heavy atom. The monoisotopic (exact) mass is 374 g/mol. The fraction of sp³-hybridized carbons (Fsp3) is 0.0909. The van der Waals surface area contributed by atoms with Gasteiger partial charge >= 0.3 is 0 Å². The van der Waals surface area contributed by atoms with Gasteiger partial charge in [0.05, 0.1) is 8.66 Å². The molecule has 17 heavy (non-hydrogen) atoms. The van der Waals surface area contributed by atoms with Crippen LogP contribution in [0.3, 0.4) is 0 Å². The molecule has 0 fully saturated rings. The molecule has 0 aliphatic heterocycles. The van der Waals surface area contributed by atoms with E-state index in [1.54, 1.807) is 18.5 Å².